The van der Waals surface area contributed by atoms with Gasteiger partial charge in [-0.1, -0.05) is 11.6 Å². The van der Waals surface area contributed by atoms with Crippen molar-refractivity contribution in [1.29, 1.82) is 0 Å². The van der Waals surface area contributed by atoms with Crippen LogP contribution >= 0.6 is 11.6 Å². The molecular weight excluding hydrogens is 320 g/mol. The lowest BCUT2D eigenvalue weighted by Gasteiger charge is -2.56. The number of aromatic nitrogens is 1. The fourth-order valence-electron chi connectivity index (χ4n) is 5.36. The normalized spacial score (nSPS) is 36.7. The van der Waals surface area contributed by atoms with Crippen LogP contribution in [0.25, 0.3) is 0 Å². The van der Waals surface area contributed by atoms with Gasteiger partial charge in [-0.3, -0.25) is 0 Å². The largest absolute Gasteiger partial charge is 0.243 e. The molecule has 4 bridgehead atoms. The third kappa shape index (κ3) is 2.68. The standard InChI is InChI=1S/C16H21ClN2O2S/c17-15-2-1-14(9-18-15)22(20,21)19-10-16-6-11-3-12(7-16)5-13(4-11)8-16/h1-2,9,11-13,19H,3-8,10H2. The molecule has 120 valence electrons. The fourth-order valence-corrected chi connectivity index (χ4v) is 6.57. The Balaban J connectivity index is 1.49. The zero-order valence-electron chi connectivity index (χ0n) is 12.5. The van der Waals surface area contributed by atoms with Crippen molar-refractivity contribution >= 4 is 21.6 Å². The molecule has 4 fully saturated rings. The first-order valence-corrected chi connectivity index (χ1v) is 9.91. The van der Waals surface area contributed by atoms with Gasteiger partial charge in [0.15, 0.2) is 0 Å². The second-order valence-electron chi connectivity index (χ2n) is 7.56. The molecule has 0 unspecified atom stereocenters. The van der Waals surface area contributed by atoms with Gasteiger partial charge >= 0.3 is 0 Å². The van der Waals surface area contributed by atoms with Crippen LogP contribution in [0.2, 0.25) is 5.15 Å². The minimum absolute atomic E-state index is 0.196. The molecule has 0 amide bonds. The molecule has 0 spiro atoms. The van der Waals surface area contributed by atoms with E-state index in [0.717, 1.165) is 17.8 Å². The zero-order valence-corrected chi connectivity index (χ0v) is 14.0. The summed E-state index contributed by atoms with van der Waals surface area (Å²) in [6, 6.07) is 3.03. The Bertz CT molecular complexity index is 637. The maximum Gasteiger partial charge on any atom is 0.242 e. The summed E-state index contributed by atoms with van der Waals surface area (Å²) < 4.78 is 27.7. The number of rotatable bonds is 4. The summed E-state index contributed by atoms with van der Waals surface area (Å²) in [4.78, 5) is 4.06. The van der Waals surface area contributed by atoms with Crippen molar-refractivity contribution in [1.82, 2.24) is 9.71 Å². The molecule has 1 aromatic rings. The van der Waals surface area contributed by atoms with Gasteiger partial charge in [-0.2, -0.15) is 0 Å². The third-order valence-corrected chi connectivity index (χ3v) is 7.42. The highest BCUT2D eigenvalue weighted by molar-refractivity contribution is 7.89. The van der Waals surface area contributed by atoms with Crippen molar-refractivity contribution in [2.75, 3.05) is 6.54 Å². The molecule has 4 aliphatic rings. The Labute approximate surface area is 136 Å². The predicted octanol–water partition coefficient (Wildman–Crippen LogP) is 3.23. The maximum atomic E-state index is 12.4. The second kappa shape index (κ2) is 5.18. The quantitative estimate of drug-likeness (QED) is 0.856. The van der Waals surface area contributed by atoms with Crippen molar-refractivity contribution in [3.8, 4) is 0 Å². The van der Waals surface area contributed by atoms with E-state index >= 15 is 0 Å². The van der Waals surface area contributed by atoms with Crippen LogP contribution in [0, 0.1) is 23.2 Å². The van der Waals surface area contributed by atoms with E-state index in [4.69, 9.17) is 11.6 Å². The number of nitrogens with zero attached hydrogens (tertiary/aromatic N) is 1. The Morgan fingerprint density at radius 1 is 1.14 bits per heavy atom. The first-order valence-electron chi connectivity index (χ1n) is 8.05. The van der Waals surface area contributed by atoms with Gasteiger partial charge in [0, 0.05) is 12.7 Å². The average molecular weight is 341 g/mol. The molecule has 1 N–H and O–H groups in total. The molecule has 0 radical (unpaired) electrons. The smallest absolute Gasteiger partial charge is 0.242 e. The van der Waals surface area contributed by atoms with Crippen LogP contribution in [0.1, 0.15) is 38.5 Å². The molecule has 0 aromatic carbocycles. The second-order valence-corrected chi connectivity index (χ2v) is 9.71. The first kappa shape index (κ1) is 14.9. The average Bonchev–Trinajstić information content (AvgIpc) is 2.45. The Kier molecular flexibility index (Phi) is 3.51. The van der Waals surface area contributed by atoms with Crippen molar-refractivity contribution in [3.63, 3.8) is 0 Å². The monoisotopic (exact) mass is 340 g/mol. The lowest BCUT2D eigenvalue weighted by Crippen LogP contribution is -2.51. The minimum atomic E-state index is -3.49. The SMILES string of the molecule is O=S(=O)(NCC12CC3CC(CC(C3)C1)C2)c1ccc(Cl)nc1. The van der Waals surface area contributed by atoms with Gasteiger partial charge in [0.1, 0.15) is 10.0 Å². The molecule has 0 saturated heterocycles. The molecule has 4 nitrogen and oxygen atoms in total. The molecule has 4 aliphatic carbocycles. The third-order valence-electron chi connectivity index (χ3n) is 5.81. The van der Waals surface area contributed by atoms with E-state index in [-0.39, 0.29) is 10.3 Å². The highest BCUT2D eigenvalue weighted by Crippen LogP contribution is 2.59. The predicted molar refractivity (Wildman–Crippen MR) is 85.0 cm³/mol. The summed E-state index contributed by atoms with van der Waals surface area (Å²) in [5, 5.41) is 0.306. The van der Waals surface area contributed by atoms with Gasteiger partial charge in [0.2, 0.25) is 10.0 Å². The highest BCUT2D eigenvalue weighted by atomic mass is 35.5. The van der Waals surface area contributed by atoms with E-state index in [1.165, 1.54) is 56.9 Å². The fraction of sp³-hybridized carbons (Fsp3) is 0.688. The van der Waals surface area contributed by atoms with Crippen molar-refractivity contribution in [3.05, 3.63) is 23.5 Å². The number of hydrogen-bond donors (Lipinski definition) is 1. The van der Waals surface area contributed by atoms with E-state index in [2.05, 4.69) is 9.71 Å². The number of halogens is 1. The number of pyridine rings is 1. The molecule has 0 atom stereocenters. The summed E-state index contributed by atoms with van der Waals surface area (Å²) in [7, 11) is -3.49. The minimum Gasteiger partial charge on any atom is -0.243 e. The maximum absolute atomic E-state index is 12.4. The van der Waals surface area contributed by atoms with E-state index < -0.39 is 10.0 Å². The molecule has 1 aromatic heterocycles. The van der Waals surface area contributed by atoms with E-state index in [1.54, 1.807) is 0 Å². The molecule has 6 heteroatoms. The van der Waals surface area contributed by atoms with Crippen LogP contribution in [0.3, 0.4) is 0 Å². The highest BCUT2D eigenvalue weighted by Gasteiger charge is 2.50. The van der Waals surface area contributed by atoms with Crippen LogP contribution in [0.5, 0.6) is 0 Å². The van der Waals surface area contributed by atoms with Crippen LogP contribution in [-0.2, 0) is 10.0 Å². The summed E-state index contributed by atoms with van der Waals surface area (Å²) in [5.74, 6) is 2.48. The first-order chi connectivity index (χ1) is 10.4. The summed E-state index contributed by atoms with van der Waals surface area (Å²) in [5.41, 5.74) is 0.196. The van der Waals surface area contributed by atoms with Gasteiger partial charge in [-0.25, -0.2) is 18.1 Å². The molecule has 4 saturated carbocycles. The van der Waals surface area contributed by atoms with Gasteiger partial charge in [0.25, 0.3) is 0 Å². The number of nitrogens with one attached hydrogen (secondary N) is 1. The van der Waals surface area contributed by atoms with Gasteiger partial charge < -0.3 is 0 Å². The van der Waals surface area contributed by atoms with Crippen LogP contribution in [0.15, 0.2) is 23.2 Å². The van der Waals surface area contributed by atoms with Crippen molar-refractivity contribution < 1.29 is 8.42 Å². The van der Waals surface area contributed by atoms with E-state index in [0.29, 0.717) is 11.7 Å². The molecule has 22 heavy (non-hydrogen) atoms. The lowest BCUT2D eigenvalue weighted by atomic mass is 9.50. The summed E-state index contributed by atoms with van der Waals surface area (Å²) in [6.45, 7) is 0.571. The molecule has 1 heterocycles. The molecule has 0 aliphatic heterocycles. The topological polar surface area (TPSA) is 59.1 Å². The van der Waals surface area contributed by atoms with Gasteiger partial charge in [-0.15, -0.1) is 0 Å². The number of sulfonamides is 1. The van der Waals surface area contributed by atoms with Crippen molar-refractivity contribution in [2.24, 2.45) is 23.2 Å². The Morgan fingerprint density at radius 3 is 2.23 bits per heavy atom. The summed E-state index contributed by atoms with van der Waals surface area (Å²) in [6.07, 6.45) is 9.01. The van der Waals surface area contributed by atoms with E-state index in [9.17, 15) is 8.42 Å². The van der Waals surface area contributed by atoms with Crippen LogP contribution < -0.4 is 4.72 Å². The van der Waals surface area contributed by atoms with Gasteiger partial charge in [-0.05, 0) is 73.8 Å². The van der Waals surface area contributed by atoms with Crippen LogP contribution in [0.4, 0.5) is 0 Å². The number of hydrogen-bond acceptors (Lipinski definition) is 3. The molecule has 5 rings (SSSR count). The molecular formula is C16H21ClN2O2S. The summed E-state index contributed by atoms with van der Waals surface area (Å²) >= 11 is 5.72. The van der Waals surface area contributed by atoms with Crippen molar-refractivity contribution in [2.45, 2.75) is 43.4 Å². The van der Waals surface area contributed by atoms with Gasteiger partial charge in [0.05, 0.1) is 0 Å². The van der Waals surface area contributed by atoms with E-state index in [1.807, 2.05) is 0 Å². The Hall–Kier alpha value is -0.650. The Morgan fingerprint density at radius 2 is 1.73 bits per heavy atom. The zero-order chi connectivity index (χ0) is 15.4. The lowest BCUT2D eigenvalue weighted by molar-refractivity contribution is -0.0487. The van der Waals surface area contributed by atoms with Crippen LogP contribution in [-0.4, -0.2) is 19.9 Å².